The molecule has 3 N–H and O–H groups in total. The third kappa shape index (κ3) is 3.88. The Morgan fingerprint density at radius 2 is 1.94 bits per heavy atom. The summed E-state index contributed by atoms with van der Waals surface area (Å²) in [6.07, 6.45) is 0. The molecule has 92 valence electrons. The van der Waals surface area contributed by atoms with E-state index in [0.717, 1.165) is 6.54 Å². The number of para-hydroxylation sites is 1. The summed E-state index contributed by atoms with van der Waals surface area (Å²) >= 11 is 0. The summed E-state index contributed by atoms with van der Waals surface area (Å²) in [6.45, 7) is 2.88. The Morgan fingerprint density at radius 1 is 1.24 bits per heavy atom. The Hall–Kier alpha value is -1.88. The zero-order valence-corrected chi connectivity index (χ0v) is 10.0. The first-order valence-corrected chi connectivity index (χ1v) is 5.50. The van der Waals surface area contributed by atoms with Gasteiger partial charge in [-0.05, 0) is 18.7 Å². The van der Waals surface area contributed by atoms with Gasteiger partial charge in [0.1, 0.15) is 0 Å². The zero-order chi connectivity index (χ0) is 12.7. The number of rotatable bonds is 5. The van der Waals surface area contributed by atoms with Gasteiger partial charge in [0.25, 0.3) is 5.91 Å². The minimum atomic E-state index is -0.218. The molecule has 0 bridgehead atoms. The van der Waals surface area contributed by atoms with Crippen LogP contribution < -0.4 is 16.0 Å². The van der Waals surface area contributed by atoms with Gasteiger partial charge in [-0.1, -0.05) is 19.1 Å². The van der Waals surface area contributed by atoms with Crippen LogP contribution in [0.4, 0.5) is 5.69 Å². The van der Waals surface area contributed by atoms with Gasteiger partial charge in [-0.2, -0.15) is 0 Å². The molecular formula is C12H17N3O2. The van der Waals surface area contributed by atoms with Crippen molar-refractivity contribution in [2.24, 2.45) is 0 Å². The summed E-state index contributed by atoms with van der Waals surface area (Å²) in [5.41, 5.74) is 0.981. The third-order valence-electron chi connectivity index (χ3n) is 2.21. The Bertz CT molecular complexity index is 404. The molecule has 1 aromatic carbocycles. The van der Waals surface area contributed by atoms with Crippen molar-refractivity contribution in [1.29, 1.82) is 0 Å². The smallest absolute Gasteiger partial charge is 0.253 e. The van der Waals surface area contributed by atoms with Crippen molar-refractivity contribution in [3.8, 4) is 0 Å². The molecule has 5 nitrogen and oxygen atoms in total. The number of benzene rings is 1. The van der Waals surface area contributed by atoms with Gasteiger partial charge in [0, 0.05) is 7.05 Å². The van der Waals surface area contributed by atoms with Gasteiger partial charge < -0.3 is 16.0 Å². The van der Waals surface area contributed by atoms with Crippen LogP contribution in [-0.2, 0) is 4.79 Å². The molecular weight excluding hydrogens is 218 g/mol. The molecule has 0 spiro atoms. The molecule has 1 aromatic rings. The van der Waals surface area contributed by atoms with Crippen molar-refractivity contribution < 1.29 is 9.59 Å². The molecule has 0 unspecified atom stereocenters. The Labute approximate surface area is 101 Å². The largest absolute Gasteiger partial charge is 0.355 e. The van der Waals surface area contributed by atoms with E-state index in [1.165, 1.54) is 0 Å². The van der Waals surface area contributed by atoms with E-state index in [9.17, 15) is 9.59 Å². The van der Waals surface area contributed by atoms with Crippen LogP contribution in [-0.4, -0.2) is 32.0 Å². The SMILES string of the molecule is CCNCC(=O)Nc1ccccc1C(=O)NC. The van der Waals surface area contributed by atoms with Crippen LogP contribution in [0.3, 0.4) is 0 Å². The molecule has 5 heteroatoms. The van der Waals surface area contributed by atoms with Crippen LogP contribution >= 0.6 is 0 Å². The van der Waals surface area contributed by atoms with E-state index in [-0.39, 0.29) is 18.4 Å². The second-order valence-electron chi connectivity index (χ2n) is 3.45. The molecule has 0 saturated heterocycles. The normalized spacial score (nSPS) is 9.76. The van der Waals surface area contributed by atoms with Gasteiger partial charge in [0.05, 0.1) is 17.8 Å². The summed E-state index contributed by atoms with van der Waals surface area (Å²) in [5, 5.41) is 8.15. The van der Waals surface area contributed by atoms with Crippen LogP contribution in [0.15, 0.2) is 24.3 Å². The molecule has 0 saturated carbocycles. The number of nitrogens with one attached hydrogen (secondary N) is 3. The topological polar surface area (TPSA) is 70.2 Å². The minimum Gasteiger partial charge on any atom is -0.355 e. The van der Waals surface area contributed by atoms with Gasteiger partial charge in [-0.15, -0.1) is 0 Å². The fraction of sp³-hybridized carbons (Fsp3) is 0.333. The zero-order valence-electron chi connectivity index (χ0n) is 10.0. The molecule has 0 aliphatic carbocycles. The van der Waals surface area contributed by atoms with Crippen molar-refractivity contribution >= 4 is 17.5 Å². The predicted octanol–water partition coefficient (Wildman–Crippen LogP) is 0.594. The van der Waals surface area contributed by atoms with Crippen molar-refractivity contribution in [3.05, 3.63) is 29.8 Å². The number of hydrogen-bond acceptors (Lipinski definition) is 3. The first kappa shape index (κ1) is 13.2. The van der Waals surface area contributed by atoms with Crippen molar-refractivity contribution in [1.82, 2.24) is 10.6 Å². The summed E-state index contributed by atoms with van der Waals surface area (Å²) in [7, 11) is 1.56. The van der Waals surface area contributed by atoms with Crippen LogP contribution in [0.1, 0.15) is 17.3 Å². The molecule has 17 heavy (non-hydrogen) atoms. The van der Waals surface area contributed by atoms with E-state index in [2.05, 4.69) is 16.0 Å². The highest BCUT2D eigenvalue weighted by molar-refractivity contribution is 6.03. The van der Waals surface area contributed by atoms with E-state index in [1.807, 2.05) is 6.92 Å². The van der Waals surface area contributed by atoms with E-state index in [4.69, 9.17) is 0 Å². The molecule has 0 atom stereocenters. The molecule has 0 heterocycles. The Morgan fingerprint density at radius 3 is 2.59 bits per heavy atom. The van der Waals surface area contributed by atoms with Crippen molar-refractivity contribution in [2.75, 3.05) is 25.5 Å². The quantitative estimate of drug-likeness (QED) is 0.699. The second kappa shape index (κ2) is 6.65. The number of amides is 2. The number of anilines is 1. The van der Waals surface area contributed by atoms with Gasteiger partial charge >= 0.3 is 0 Å². The highest BCUT2D eigenvalue weighted by atomic mass is 16.2. The van der Waals surface area contributed by atoms with Crippen LogP contribution in [0.25, 0.3) is 0 Å². The summed E-state index contributed by atoms with van der Waals surface area (Å²) in [4.78, 5) is 23.1. The van der Waals surface area contributed by atoms with Crippen LogP contribution in [0.5, 0.6) is 0 Å². The molecule has 0 radical (unpaired) electrons. The van der Waals surface area contributed by atoms with Crippen LogP contribution in [0.2, 0.25) is 0 Å². The van der Waals surface area contributed by atoms with E-state index in [1.54, 1.807) is 31.3 Å². The lowest BCUT2D eigenvalue weighted by Crippen LogP contribution is -2.29. The molecule has 0 fully saturated rings. The number of carbonyl (C=O) groups is 2. The lowest BCUT2D eigenvalue weighted by molar-refractivity contribution is -0.115. The predicted molar refractivity (Wildman–Crippen MR) is 67.0 cm³/mol. The first-order chi connectivity index (χ1) is 8.19. The average Bonchev–Trinajstić information content (AvgIpc) is 2.36. The molecule has 1 rings (SSSR count). The fourth-order valence-electron chi connectivity index (χ4n) is 1.36. The maximum atomic E-state index is 11.6. The van der Waals surface area contributed by atoms with Gasteiger partial charge in [-0.3, -0.25) is 9.59 Å². The highest BCUT2D eigenvalue weighted by Crippen LogP contribution is 2.14. The minimum absolute atomic E-state index is 0.164. The molecule has 2 amide bonds. The van der Waals surface area contributed by atoms with Crippen LogP contribution in [0, 0.1) is 0 Å². The fourth-order valence-corrected chi connectivity index (χ4v) is 1.36. The summed E-state index contributed by atoms with van der Waals surface area (Å²) in [6, 6.07) is 6.90. The van der Waals surface area contributed by atoms with Gasteiger partial charge in [-0.25, -0.2) is 0 Å². The standard InChI is InChI=1S/C12H17N3O2/c1-3-14-8-11(16)15-10-7-5-4-6-9(10)12(17)13-2/h4-7,14H,3,8H2,1-2H3,(H,13,17)(H,15,16). The lowest BCUT2D eigenvalue weighted by Gasteiger charge is -2.10. The maximum Gasteiger partial charge on any atom is 0.253 e. The van der Waals surface area contributed by atoms with Gasteiger partial charge in [0.2, 0.25) is 5.91 Å². The Kier molecular flexibility index (Phi) is 5.16. The average molecular weight is 235 g/mol. The van der Waals surface area contributed by atoms with E-state index in [0.29, 0.717) is 11.3 Å². The number of carbonyl (C=O) groups excluding carboxylic acids is 2. The molecule has 0 aliphatic rings. The summed E-state index contributed by atoms with van der Waals surface area (Å²) < 4.78 is 0. The van der Waals surface area contributed by atoms with Gasteiger partial charge in [0.15, 0.2) is 0 Å². The lowest BCUT2D eigenvalue weighted by atomic mass is 10.1. The molecule has 0 aliphatic heterocycles. The van der Waals surface area contributed by atoms with E-state index < -0.39 is 0 Å². The second-order valence-corrected chi connectivity index (χ2v) is 3.45. The monoisotopic (exact) mass is 235 g/mol. The number of hydrogen-bond donors (Lipinski definition) is 3. The third-order valence-corrected chi connectivity index (χ3v) is 2.21. The Balaban J connectivity index is 2.76. The first-order valence-electron chi connectivity index (χ1n) is 5.50. The van der Waals surface area contributed by atoms with Crippen molar-refractivity contribution in [2.45, 2.75) is 6.92 Å². The maximum absolute atomic E-state index is 11.6. The van der Waals surface area contributed by atoms with Crippen molar-refractivity contribution in [3.63, 3.8) is 0 Å². The molecule has 0 aromatic heterocycles. The summed E-state index contributed by atoms with van der Waals surface area (Å²) in [5.74, 6) is -0.382. The number of likely N-dealkylation sites (N-methyl/N-ethyl adjacent to an activating group) is 1. The highest BCUT2D eigenvalue weighted by Gasteiger charge is 2.10. The van der Waals surface area contributed by atoms with E-state index >= 15 is 0 Å².